The van der Waals surface area contributed by atoms with Crippen LogP contribution in [0.4, 0.5) is 0 Å². The largest absolute Gasteiger partial charge is 0.319 e. The van der Waals surface area contributed by atoms with E-state index in [1.54, 1.807) is 18.2 Å². The molecule has 0 bridgehead atoms. The minimum atomic E-state index is -3.49. The second-order valence-corrected chi connectivity index (χ2v) is 8.21. The molecule has 0 spiro atoms. The number of rotatable bonds is 4. The highest BCUT2D eigenvalue weighted by atomic mass is 79.9. The van der Waals surface area contributed by atoms with Gasteiger partial charge in [0, 0.05) is 17.6 Å². The van der Waals surface area contributed by atoms with Gasteiger partial charge in [-0.15, -0.1) is 12.4 Å². The second-order valence-electron chi connectivity index (χ2n) is 4.98. The van der Waals surface area contributed by atoms with E-state index < -0.39 is 10.0 Å². The maximum Gasteiger partial charge on any atom is 0.244 e. The van der Waals surface area contributed by atoms with Gasteiger partial charge in [-0.2, -0.15) is 4.31 Å². The quantitative estimate of drug-likeness (QED) is 0.818. The van der Waals surface area contributed by atoms with E-state index in [2.05, 4.69) is 21.2 Å². The number of nitrogens with zero attached hydrogens (tertiary/aromatic N) is 1. The molecule has 8 heteroatoms. The Morgan fingerprint density at radius 1 is 1.38 bits per heavy atom. The zero-order chi connectivity index (χ0) is 14.8. The van der Waals surface area contributed by atoms with Gasteiger partial charge in [0.2, 0.25) is 10.0 Å². The van der Waals surface area contributed by atoms with Crippen molar-refractivity contribution >= 4 is 50.0 Å². The molecule has 2 rings (SSSR count). The third kappa shape index (κ3) is 4.56. The van der Waals surface area contributed by atoms with Gasteiger partial charge in [-0.1, -0.05) is 27.5 Å². The Kier molecular flexibility index (Phi) is 7.43. The minimum Gasteiger partial charge on any atom is -0.319 e. The number of hydrogen-bond donors (Lipinski definition) is 1. The summed E-state index contributed by atoms with van der Waals surface area (Å²) >= 11 is 9.35. The average molecular weight is 418 g/mol. The van der Waals surface area contributed by atoms with E-state index >= 15 is 0 Å². The zero-order valence-electron chi connectivity index (χ0n) is 11.7. The number of hydrogen-bond acceptors (Lipinski definition) is 3. The van der Waals surface area contributed by atoms with Crippen molar-refractivity contribution in [2.45, 2.75) is 17.7 Å². The van der Waals surface area contributed by atoms with E-state index in [-0.39, 0.29) is 22.3 Å². The Labute approximate surface area is 145 Å². The first kappa shape index (κ1) is 19.2. The van der Waals surface area contributed by atoms with Crippen LogP contribution in [0.1, 0.15) is 12.8 Å². The fourth-order valence-electron chi connectivity index (χ4n) is 2.47. The fraction of sp³-hybridized carbons (Fsp3) is 0.538. The normalized spacial score (nSPS) is 17.5. The number of halogens is 3. The molecule has 1 aromatic rings. The molecule has 1 N–H and O–H groups in total. The van der Waals surface area contributed by atoms with Gasteiger partial charge in [-0.3, -0.25) is 0 Å². The van der Waals surface area contributed by atoms with Crippen LogP contribution in [-0.4, -0.2) is 39.4 Å². The first-order valence-electron chi connectivity index (χ1n) is 6.55. The molecule has 1 heterocycles. The Bertz CT molecular complexity index is 576. The van der Waals surface area contributed by atoms with Gasteiger partial charge in [0.1, 0.15) is 4.90 Å². The van der Waals surface area contributed by atoms with Crippen LogP contribution in [0.15, 0.2) is 27.6 Å². The molecule has 1 saturated heterocycles. The number of sulfonamides is 1. The predicted octanol–water partition coefficient (Wildman–Crippen LogP) is 3.14. The van der Waals surface area contributed by atoms with E-state index in [1.807, 2.05) is 7.05 Å². The first-order chi connectivity index (χ1) is 9.45. The predicted molar refractivity (Wildman–Crippen MR) is 91.8 cm³/mol. The summed E-state index contributed by atoms with van der Waals surface area (Å²) in [7, 11) is -1.57. The minimum absolute atomic E-state index is 0. The van der Waals surface area contributed by atoms with Crippen LogP contribution in [0.25, 0.3) is 0 Å². The van der Waals surface area contributed by atoms with Gasteiger partial charge >= 0.3 is 0 Å². The van der Waals surface area contributed by atoms with Crippen molar-refractivity contribution in [3.05, 3.63) is 27.7 Å². The van der Waals surface area contributed by atoms with Crippen LogP contribution in [0.5, 0.6) is 0 Å². The highest BCUT2D eigenvalue weighted by molar-refractivity contribution is 9.10. The molecule has 0 aliphatic carbocycles. The maximum atomic E-state index is 12.6. The van der Waals surface area contributed by atoms with Gasteiger partial charge in [0.05, 0.1) is 5.02 Å². The Morgan fingerprint density at radius 3 is 2.52 bits per heavy atom. The molecule has 1 fully saturated rings. The molecule has 1 aromatic carbocycles. The van der Waals surface area contributed by atoms with Crippen LogP contribution >= 0.6 is 39.9 Å². The van der Waals surface area contributed by atoms with Gasteiger partial charge in [-0.25, -0.2) is 8.42 Å². The second kappa shape index (κ2) is 8.13. The maximum absolute atomic E-state index is 12.6. The van der Waals surface area contributed by atoms with E-state index in [4.69, 9.17) is 11.6 Å². The van der Waals surface area contributed by atoms with Gasteiger partial charge < -0.3 is 5.32 Å². The van der Waals surface area contributed by atoms with Crippen LogP contribution in [-0.2, 0) is 10.0 Å². The lowest BCUT2D eigenvalue weighted by molar-refractivity contribution is 0.270. The molecule has 4 nitrogen and oxygen atoms in total. The molecule has 0 atom stereocenters. The molecule has 21 heavy (non-hydrogen) atoms. The van der Waals surface area contributed by atoms with Gasteiger partial charge in [-0.05, 0) is 50.6 Å². The number of piperidine rings is 1. The zero-order valence-corrected chi connectivity index (χ0v) is 15.7. The fourth-order valence-corrected chi connectivity index (χ4v) is 4.95. The smallest absolute Gasteiger partial charge is 0.244 e. The summed E-state index contributed by atoms with van der Waals surface area (Å²) in [5, 5.41) is 3.40. The summed E-state index contributed by atoms with van der Waals surface area (Å²) in [6.07, 6.45) is 1.77. The number of benzene rings is 1. The molecular formula is C13H19BrCl2N2O2S. The lowest BCUT2D eigenvalue weighted by Crippen LogP contribution is -2.40. The molecule has 120 valence electrons. The van der Waals surface area contributed by atoms with Crippen LogP contribution < -0.4 is 5.32 Å². The lowest BCUT2D eigenvalue weighted by atomic mass is 9.98. The monoisotopic (exact) mass is 416 g/mol. The standard InChI is InChI=1S/C13H18BrClN2O2S.ClH/c1-16-9-10-4-6-17(7-5-10)20(18,19)13-3-2-11(14)8-12(13)15;/h2-3,8,10,16H,4-7,9H2,1H3;1H. The summed E-state index contributed by atoms with van der Waals surface area (Å²) < 4.78 is 27.5. The number of nitrogens with one attached hydrogen (secondary N) is 1. The summed E-state index contributed by atoms with van der Waals surface area (Å²) in [6, 6.07) is 4.87. The Hall–Kier alpha value is 0.150. The topological polar surface area (TPSA) is 49.4 Å². The molecule has 0 amide bonds. The van der Waals surface area contributed by atoms with Crippen LogP contribution in [0.3, 0.4) is 0 Å². The van der Waals surface area contributed by atoms with Gasteiger partial charge in [0.25, 0.3) is 0 Å². The van der Waals surface area contributed by atoms with Gasteiger partial charge in [0.15, 0.2) is 0 Å². The summed E-state index contributed by atoms with van der Waals surface area (Å²) in [5.74, 6) is 0.548. The molecule has 0 saturated carbocycles. The van der Waals surface area contributed by atoms with E-state index in [0.29, 0.717) is 19.0 Å². The van der Waals surface area contributed by atoms with E-state index in [9.17, 15) is 8.42 Å². The van der Waals surface area contributed by atoms with Crippen molar-refractivity contribution in [2.24, 2.45) is 5.92 Å². The SMILES string of the molecule is CNCC1CCN(S(=O)(=O)c2ccc(Br)cc2Cl)CC1.Cl. The van der Waals surface area contributed by atoms with Crippen molar-refractivity contribution in [1.82, 2.24) is 9.62 Å². The molecule has 0 aromatic heterocycles. The van der Waals surface area contributed by atoms with Crippen molar-refractivity contribution < 1.29 is 8.42 Å². The third-order valence-electron chi connectivity index (χ3n) is 3.58. The molecule has 1 aliphatic rings. The average Bonchev–Trinajstić information content (AvgIpc) is 2.39. The van der Waals surface area contributed by atoms with Crippen LogP contribution in [0.2, 0.25) is 5.02 Å². The third-order valence-corrected chi connectivity index (χ3v) is 6.45. The molecular weight excluding hydrogens is 399 g/mol. The first-order valence-corrected chi connectivity index (χ1v) is 9.16. The highest BCUT2D eigenvalue weighted by Crippen LogP contribution is 2.30. The van der Waals surface area contributed by atoms with Crippen molar-refractivity contribution in [3.63, 3.8) is 0 Å². The Morgan fingerprint density at radius 2 is 2.00 bits per heavy atom. The van der Waals surface area contributed by atoms with Crippen molar-refractivity contribution in [3.8, 4) is 0 Å². The molecule has 0 radical (unpaired) electrons. The summed E-state index contributed by atoms with van der Waals surface area (Å²) in [5.41, 5.74) is 0. The Balaban J connectivity index is 0.00000220. The highest BCUT2D eigenvalue weighted by Gasteiger charge is 2.30. The van der Waals surface area contributed by atoms with Crippen molar-refractivity contribution in [2.75, 3.05) is 26.7 Å². The molecule has 1 aliphatic heterocycles. The summed E-state index contributed by atoms with van der Waals surface area (Å²) in [4.78, 5) is 0.189. The van der Waals surface area contributed by atoms with E-state index in [1.165, 1.54) is 4.31 Å². The van der Waals surface area contributed by atoms with Crippen LogP contribution in [0, 0.1) is 5.92 Å². The molecule has 0 unspecified atom stereocenters. The lowest BCUT2D eigenvalue weighted by Gasteiger charge is -2.31. The summed E-state index contributed by atoms with van der Waals surface area (Å²) in [6.45, 7) is 2.05. The van der Waals surface area contributed by atoms with E-state index in [0.717, 1.165) is 23.9 Å². The van der Waals surface area contributed by atoms with Crippen molar-refractivity contribution in [1.29, 1.82) is 0 Å².